The fraction of sp³-hybridized carbons (Fsp3) is 0.533. The number of thioether (sulfide) groups is 1. The number of nitrogens with two attached hydrogens (primary N) is 1. The summed E-state index contributed by atoms with van der Waals surface area (Å²) in [4.78, 5) is 28.8. The van der Waals surface area contributed by atoms with Crippen molar-refractivity contribution >= 4 is 34.0 Å². The van der Waals surface area contributed by atoms with Gasteiger partial charge in [-0.1, -0.05) is 13.8 Å². The van der Waals surface area contributed by atoms with Crippen molar-refractivity contribution in [3.63, 3.8) is 0 Å². The highest BCUT2D eigenvalue weighted by atomic mass is 32.2. The number of nitrogens with one attached hydrogen (secondary N) is 1. The third kappa shape index (κ3) is 4.79. The zero-order valence-electron chi connectivity index (χ0n) is 13.4. The van der Waals surface area contributed by atoms with E-state index in [1.807, 2.05) is 19.2 Å². The van der Waals surface area contributed by atoms with Gasteiger partial charge in [-0.2, -0.15) is 0 Å². The van der Waals surface area contributed by atoms with Crippen LogP contribution in [0.1, 0.15) is 32.4 Å². The Hall–Kier alpha value is -1.38. The van der Waals surface area contributed by atoms with Gasteiger partial charge in [-0.05, 0) is 12.8 Å². The third-order valence-corrected chi connectivity index (χ3v) is 5.61. The van der Waals surface area contributed by atoms with Crippen molar-refractivity contribution in [2.24, 2.45) is 5.73 Å². The quantitative estimate of drug-likeness (QED) is 0.752. The predicted octanol–water partition coefficient (Wildman–Crippen LogP) is 1.62. The smallest absolute Gasteiger partial charge is 0.258 e. The third-order valence-electron chi connectivity index (χ3n) is 3.89. The summed E-state index contributed by atoms with van der Waals surface area (Å²) in [5, 5.41) is 4.71. The van der Waals surface area contributed by atoms with Gasteiger partial charge in [-0.3, -0.25) is 14.0 Å². The monoisotopic (exact) mass is 354 g/mol. The number of hydrogen-bond acceptors (Lipinski definition) is 6. The van der Waals surface area contributed by atoms with Gasteiger partial charge in [0.05, 0.1) is 11.4 Å². The summed E-state index contributed by atoms with van der Waals surface area (Å²) in [5.74, 6) is 0.821. The van der Waals surface area contributed by atoms with Crippen molar-refractivity contribution < 1.29 is 4.79 Å². The van der Waals surface area contributed by atoms with E-state index < -0.39 is 0 Å². The van der Waals surface area contributed by atoms with Crippen LogP contribution in [0.3, 0.4) is 0 Å². The standard InChI is InChI=1S/C15H22N4O2S2/c1-3-15(16,4-2)10-17-12(20)9-22-8-11-7-13(21)19-5-6-23-14(19)18-11/h5-7H,3-4,8-10,16H2,1-2H3,(H,17,20). The number of amides is 1. The molecule has 0 aromatic carbocycles. The van der Waals surface area contributed by atoms with E-state index in [9.17, 15) is 9.59 Å². The molecule has 8 heteroatoms. The first-order valence-electron chi connectivity index (χ1n) is 7.56. The molecule has 0 aliphatic carbocycles. The number of rotatable bonds is 8. The summed E-state index contributed by atoms with van der Waals surface area (Å²) < 4.78 is 1.52. The van der Waals surface area contributed by atoms with Crippen LogP contribution in [0.2, 0.25) is 0 Å². The molecule has 6 nitrogen and oxygen atoms in total. The van der Waals surface area contributed by atoms with Crippen LogP contribution in [0.4, 0.5) is 0 Å². The summed E-state index contributed by atoms with van der Waals surface area (Å²) in [7, 11) is 0. The number of nitrogens with zero attached hydrogens (tertiary/aromatic N) is 2. The van der Waals surface area contributed by atoms with Crippen LogP contribution in [0.5, 0.6) is 0 Å². The fourth-order valence-corrected chi connectivity index (χ4v) is 3.52. The van der Waals surface area contributed by atoms with Gasteiger partial charge in [0.2, 0.25) is 5.91 Å². The Labute approximate surface area is 143 Å². The lowest BCUT2D eigenvalue weighted by Crippen LogP contribution is -2.49. The molecule has 0 radical (unpaired) electrons. The summed E-state index contributed by atoms with van der Waals surface area (Å²) in [6, 6.07) is 1.52. The maximum absolute atomic E-state index is 11.9. The van der Waals surface area contributed by atoms with Crippen LogP contribution in [0.15, 0.2) is 22.4 Å². The second-order valence-electron chi connectivity index (χ2n) is 5.48. The number of thiazole rings is 1. The molecule has 0 saturated carbocycles. The van der Waals surface area contributed by atoms with Gasteiger partial charge in [0.1, 0.15) is 0 Å². The highest BCUT2D eigenvalue weighted by Crippen LogP contribution is 2.13. The minimum Gasteiger partial charge on any atom is -0.354 e. The van der Waals surface area contributed by atoms with Gasteiger partial charge in [-0.15, -0.1) is 23.1 Å². The van der Waals surface area contributed by atoms with Gasteiger partial charge < -0.3 is 11.1 Å². The molecule has 23 heavy (non-hydrogen) atoms. The van der Waals surface area contributed by atoms with E-state index in [4.69, 9.17) is 5.73 Å². The number of aromatic nitrogens is 2. The van der Waals surface area contributed by atoms with E-state index >= 15 is 0 Å². The number of hydrogen-bond donors (Lipinski definition) is 2. The molecule has 0 aliphatic rings. The molecule has 0 unspecified atom stereocenters. The molecule has 2 rings (SSSR count). The normalized spacial score (nSPS) is 11.8. The number of fused-ring (bicyclic) bond motifs is 1. The molecule has 0 spiro atoms. The zero-order valence-corrected chi connectivity index (χ0v) is 15.0. The van der Waals surface area contributed by atoms with Crippen molar-refractivity contribution in [1.82, 2.24) is 14.7 Å². The molecular weight excluding hydrogens is 332 g/mol. The van der Waals surface area contributed by atoms with Crippen molar-refractivity contribution in [2.75, 3.05) is 12.3 Å². The molecule has 0 fully saturated rings. The molecule has 0 atom stereocenters. The van der Waals surface area contributed by atoms with Crippen LogP contribution in [0, 0.1) is 0 Å². The molecule has 1 amide bonds. The average Bonchev–Trinajstić information content (AvgIpc) is 3.02. The van der Waals surface area contributed by atoms with E-state index in [1.165, 1.54) is 33.6 Å². The largest absolute Gasteiger partial charge is 0.354 e. The van der Waals surface area contributed by atoms with E-state index in [2.05, 4.69) is 10.3 Å². The Bertz CT molecular complexity index is 722. The van der Waals surface area contributed by atoms with Gasteiger partial charge in [0.25, 0.3) is 5.56 Å². The Morgan fingerprint density at radius 2 is 2.22 bits per heavy atom. The van der Waals surface area contributed by atoms with Crippen LogP contribution >= 0.6 is 23.1 Å². The zero-order chi connectivity index (χ0) is 16.9. The first-order chi connectivity index (χ1) is 11.0. The molecule has 0 aliphatic heterocycles. The van der Waals surface area contributed by atoms with Gasteiger partial charge in [-0.25, -0.2) is 4.98 Å². The minimum atomic E-state index is -0.333. The van der Waals surface area contributed by atoms with E-state index in [0.29, 0.717) is 28.7 Å². The summed E-state index contributed by atoms with van der Waals surface area (Å²) in [6.07, 6.45) is 3.36. The first kappa shape index (κ1) is 18.0. The van der Waals surface area contributed by atoms with Crippen LogP contribution in [-0.2, 0) is 10.5 Å². The first-order valence-corrected chi connectivity index (χ1v) is 9.60. The summed E-state index contributed by atoms with van der Waals surface area (Å²) in [5.41, 5.74) is 6.44. The Morgan fingerprint density at radius 3 is 2.91 bits per heavy atom. The van der Waals surface area contributed by atoms with Gasteiger partial charge in [0.15, 0.2) is 4.96 Å². The van der Waals surface area contributed by atoms with Crippen molar-refractivity contribution in [3.8, 4) is 0 Å². The average molecular weight is 355 g/mol. The molecule has 0 bridgehead atoms. The second-order valence-corrected chi connectivity index (χ2v) is 7.34. The minimum absolute atomic E-state index is 0.0411. The summed E-state index contributed by atoms with van der Waals surface area (Å²) >= 11 is 2.86. The topological polar surface area (TPSA) is 89.5 Å². The fourth-order valence-electron chi connectivity index (χ4n) is 2.04. The molecular formula is C15H22N4O2S2. The van der Waals surface area contributed by atoms with Gasteiger partial charge in [0, 0.05) is 35.5 Å². The van der Waals surface area contributed by atoms with Crippen molar-refractivity contribution in [3.05, 3.63) is 33.7 Å². The molecule has 2 aromatic heterocycles. The molecule has 2 heterocycles. The number of carbonyl (C=O) groups excluding carboxylic acids is 1. The highest BCUT2D eigenvalue weighted by Gasteiger charge is 2.20. The SMILES string of the molecule is CCC(N)(CC)CNC(=O)CSCc1cc(=O)n2ccsc2n1. The van der Waals surface area contributed by atoms with E-state index in [1.54, 1.807) is 6.20 Å². The van der Waals surface area contributed by atoms with E-state index in [-0.39, 0.29) is 17.0 Å². The van der Waals surface area contributed by atoms with Crippen LogP contribution < -0.4 is 16.6 Å². The summed E-state index contributed by atoms with van der Waals surface area (Å²) in [6.45, 7) is 4.53. The molecule has 126 valence electrons. The highest BCUT2D eigenvalue weighted by molar-refractivity contribution is 7.99. The Morgan fingerprint density at radius 1 is 1.48 bits per heavy atom. The number of carbonyl (C=O) groups is 1. The second kappa shape index (κ2) is 7.94. The lowest BCUT2D eigenvalue weighted by molar-refractivity contribution is -0.118. The molecule has 2 aromatic rings. The Balaban J connectivity index is 1.82. The van der Waals surface area contributed by atoms with Crippen LogP contribution in [0.25, 0.3) is 4.96 Å². The van der Waals surface area contributed by atoms with Gasteiger partial charge >= 0.3 is 0 Å². The molecule has 0 saturated heterocycles. The van der Waals surface area contributed by atoms with E-state index in [0.717, 1.165) is 12.8 Å². The van der Waals surface area contributed by atoms with Crippen molar-refractivity contribution in [2.45, 2.75) is 38.0 Å². The van der Waals surface area contributed by atoms with Crippen molar-refractivity contribution in [1.29, 1.82) is 0 Å². The lowest BCUT2D eigenvalue weighted by atomic mass is 9.94. The van der Waals surface area contributed by atoms with Crippen LogP contribution in [-0.4, -0.2) is 33.1 Å². The predicted molar refractivity (Wildman–Crippen MR) is 96.0 cm³/mol. The maximum atomic E-state index is 11.9. The molecule has 3 N–H and O–H groups in total. The lowest BCUT2D eigenvalue weighted by Gasteiger charge is -2.26. The Kier molecular flexibility index (Phi) is 6.20. The maximum Gasteiger partial charge on any atom is 0.258 e.